The molecule has 0 radical (unpaired) electrons. The lowest BCUT2D eigenvalue weighted by Gasteiger charge is -2.15. The van der Waals surface area contributed by atoms with Crippen LogP contribution in [0.2, 0.25) is 0 Å². The molecule has 0 unspecified atom stereocenters. The van der Waals surface area contributed by atoms with E-state index in [2.05, 4.69) is 115 Å². The van der Waals surface area contributed by atoms with Gasteiger partial charge in [-0.1, -0.05) is 109 Å². The summed E-state index contributed by atoms with van der Waals surface area (Å²) in [6.45, 7) is 0. The van der Waals surface area contributed by atoms with Gasteiger partial charge in [0.25, 0.3) is 0 Å². The van der Waals surface area contributed by atoms with E-state index in [1.807, 2.05) is 30.5 Å². The summed E-state index contributed by atoms with van der Waals surface area (Å²) in [4.78, 5) is 10.1. The zero-order valence-electron chi connectivity index (χ0n) is 24.2. The van der Waals surface area contributed by atoms with Gasteiger partial charge in [0, 0.05) is 27.9 Å². The van der Waals surface area contributed by atoms with Crippen LogP contribution < -0.4 is 0 Å². The number of furan rings is 1. The first-order valence-electron chi connectivity index (χ1n) is 15.2. The average Bonchev–Trinajstić information content (AvgIpc) is 3.49. The molecule has 0 aliphatic carbocycles. The maximum Gasteiger partial charge on any atom is 0.145 e. The van der Waals surface area contributed by atoms with Crippen LogP contribution in [0.5, 0.6) is 0 Å². The fraction of sp³-hybridized carbons (Fsp3) is 0. The molecule has 3 heterocycles. The van der Waals surface area contributed by atoms with Crippen molar-refractivity contribution in [1.82, 2.24) is 9.97 Å². The second kappa shape index (κ2) is 9.22. The Labute approximate surface area is 258 Å². The SMILES string of the molecule is c1ccc2c(c1)ccc1cc(-c3ccc(-c4nc5cccnc5c5c4ccc4c6ccccc6oc45)c4ccccc34)ccc12. The average molecular weight is 573 g/mol. The Balaban J connectivity index is 1.24. The lowest BCUT2D eigenvalue weighted by molar-refractivity contribution is 0.673. The molecule has 0 amide bonds. The van der Waals surface area contributed by atoms with Crippen LogP contribution in [0, 0.1) is 0 Å². The van der Waals surface area contributed by atoms with Crippen molar-refractivity contribution in [1.29, 1.82) is 0 Å². The number of benzene rings is 7. The van der Waals surface area contributed by atoms with E-state index < -0.39 is 0 Å². The van der Waals surface area contributed by atoms with E-state index in [4.69, 9.17) is 14.4 Å². The maximum atomic E-state index is 6.52. The van der Waals surface area contributed by atoms with E-state index in [9.17, 15) is 0 Å². The van der Waals surface area contributed by atoms with Crippen LogP contribution in [-0.2, 0) is 0 Å². The highest BCUT2D eigenvalue weighted by atomic mass is 16.3. The zero-order valence-corrected chi connectivity index (χ0v) is 24.2. The molecular weight excluding hydrogens is 548 g/mol. The molecule has 0 aliphatic heterocycles. The van der Waals surface area contributed by atoms with E-state index in [0.29, 0.717) is 0 Å². The van der Waals surface area contributed by atoms with E-state index in [-0.39, 0.29) is 0 Å². The van der Waals surface area contributed by atoms with Gasteiger partial charge in [0.05, 0.1) is 16.6 Å². The summed E-state index contributed by atoms with van der Waals surface area (Å²) in [5, 5.41) is 11.6. The van der Waals surface area contributed by atoms with Crippen LogP contribution in [0.15, 0.2) is 150 Å². The predicted octanol–water partition coefficient (Wildman–Crippen LogP) is 11.5. The van der Waals surface area contributed by atoms with Gasteiger partial charge in [0.2, 0.25) is 0 Å². The Kier molecular flexibility index (Phi) is 5.00. The normalized spacial score (nSPS) is 12.0. The molecule has 0 saturated carbocycles. The zero-order chi connectivity index (χ0) is 29.5. The molecule has 0 fully saturated rings. The van der Waals surface area contributed by atoms with E-state index in [1.165, 1.54) is 38.1 Å². The highest BCUT2D eigenvalue weighted by Crippen LogP contribution is 2.43. The second-order valence-electron chi connectivity index (χ2n) is 11.7. The topological polar surface area (TPSA) is 38.9 Å². The van der Waals surface area contributed by atoms with Gasteiger partial charge >= 0.3 is 0 Å². The van der Waals surface area contributed by atoms with Crippen molar-refractivity contribution in [3.05, 3.63) is 146 Å². The number of hydrogen-bond acceptors (Lipinski definition) is 3. The van der Waals surface area contributed by atoms with Crippen molar-refractivity contribution in [2.75, 3.05) is 0 Å². The van der Waals surface area contributed by atoms with Crippen LogP contribution >= 0.6 is 0 Å². The fourth-order valence-electron chi connectivity index (χ4n) is 7.22. The van der Waals surface area contributed by atoms with Gasteiger partial charge in [0.1, 0.15) is 16.7 Å². The molecule has 3 heteroatoms. The third-order valence-electron chi connectivity index (χ3n) is 9.29. The Hall–Kier alpha value is -6.06. The minimum atomic E-state index is 0.850. The molecule has 208 valence electrons. The lowest BCUT2D eigenvalue weighted by atomic mass is 9.90. The Morgan fingerprint density at radius 2 is 1.16 bits per heavy atom. The van der Waals surface area contributed by atoms with Crippen molar-refractivity contribution < 1.29 is 4.42 Å². The molecule has 0 aliphatic rings. The number of para-hydroxylation sites is 1. The molecule has 10 rings (SSSR count). The number of nitrogens with zero attached hydrogens (tertiary/aromatic N) is 2. The summed E-state index contributed by atoms with van der Waals surface area (Å²) in [6, 6.07) is 49.6. The molecule has 10 aromatic rings. The lowest BCUT2D eigenvalue weighted by Crippen LogP contribution is -1.93. The van der Waals surface area contributed by atoms with Crippen molar-refractivity contribution in [2.45, 2.75) is 0 Å². The van der Waals surface area contributed by atoms with Gasteiger partial charge in [-0.15, -0.1) is 0 Å². The van der Waals surface area contributed by atoms with Gasteiger partial charge < -0.3 is 4.42 Å². The molecule has 3 aromatic heterocycles. The summed E-state index contributed by atoms with van der Waals surface area (Å²) in [5.74, 6) is 0. The Morgan fingerprint density at radius 1 is 0.467 bits per heavy atom. The fourth-order valence-corrected chi connectivity index (χ4v) is 7.22. The third kappa shape index (κ3) is 3.52. The molecule has 0 bridgehead atoms. The molecule has 3 nitrogen and oxygen atoms in total. The molecule has 7 aromatic carbocycles. The highest BCUT2D eigenvalue weighted by molar-refractivity contribution is 6.24. The Bertz CT molecular complexity index is 2830. The number of aromatic nitrogens is 2. The largest absolute Gasteiger partial charge is 0.455 e. The van der Waals surface area contributed by atoms with Crippen LogP contribution in [0.3, 0.4) is 0 Å². The first-order valence-corrected chi connectivity index (χ1v) is 15.2. The Morgan fingerprint density at radius 3 is 2.07 bits per heavy atom. The molecule has 45 heavy (non-hydrogen) atoms. The highest BCUT2D eigenvalue weighted by Gasteiger charge is 2.20. The van der Waals surface area contributed by atoms with Crippen molar-refractivity contribution in [3.8, 4) is 22.4 Å². The summed E-state index contributed by atoms with van der Waals surface area (Å²) in [7, 11) is 0. The van der Waals surface area contributed by atoms with Crippen LogP contribution in [0.1, 0.15) is 0 Å². The van der Waals surface area contributed by atoms with E-state index >= 15 is 0 Å². The molecule has 0 atom stereocenters. The van der Waals surface area contributed by atoms with Gasteiger partial charge in [-0.25, -0.2) is 4.98 Å². The third-order valence-corrected chi connectivity index (χ3v) is 9.29. The van der Waals surface area contributed by atoms with Gasteiger partial charge in [0.15, 0.2) is 0 Å². The summed E-state index contributed by atoms with van der Waals surface area (Å²) < 4.78 is 6.52. The first kappa shape index (κ1) is 24.4. The molecule has 0 saturated heterocycles. The van der Waals surface area contributed by atoms with E-state index in [0.717, 1.165) is 60.4 Å². The smallest absolute Gasteiger partial charge is 0.145 e. The number of pyridine rings is 2. The number of fused-ring (bicyclic) bond motifs is 11. The van der Waals surface area contributed by atoms with Crippen LogP contribution in [0.25, 0.3) is 98.4 Å². The molecule has 0 N–H and O–H groups in total. The summed E-state index contributed by atoms with van der Waals surface area (Å²) >= 11 is 0. The van der Waals surface area contributed by atoms with Gasteiger partial charge in [-0.3, -0.25) is 4.98 Å². The summed E-state index contributed by atoms with van der Waals surface area (Å²) in [6.07, 6.45) is 1.83. The molecule has 0 spiro atoms. The maximum absolute atomic E-state index is 6.52. The van der Waals surface area contributed by atoms with Gasteiger partial charge in [-0.05, 0) is 73.8 Å². The monoisotopic (exact) mass is 572 g/mol. The molecular formula is C42H24N2O. The second-order valence-corrected chi connectivity index (χ2v) is 11.7. The minimum Gasteiger partial charge on any atom is -0.455 e. The van der Waals surface area contributed by atoms with Crippen molar-refractivity contribution in [2.24, 2.45) is 0 Å². The summed E-state index contributed by atoms with van der Waals surface area (Å²) in [5.41, 5.74) is 7.86. The van der Waals surface area contributed by atoms with Crippen LogP contribution in [0.4, 0.5) is 0 Å². The standard InChI is InChI=1S/C42H24N2O/c1-2-9-28-25(8-1)15-16-26-24-27(17-18-29(26)28)30-19-20-34(32-11-4-3-10-31(30)32)40-36-22-21-35-33-12-5-6-14-38(33)45-42(35)39(36)41-37(44-40)13-7-23-43-41/h1-24H. The van der Waals surface area contributed by atoms with E-state index in [1.54, 1.807) is 0 Å². The number of rotatable bonds is 2. The quantitative estimate of drug-likeness (QED) is 0.193. The van der Waals surface area contributed by atoms with Crippen LogP contribution in [-0.4, -0.2) is 9.97 Å². The number of hydrogen-bond donors (Lipinski definition) is 0. The van der Waals surface area contributed by atoms with Gasteiger partial charge in [-0.2, -0.15) is 0 Å². The minimum absolute atomic E-state index is 0.850. The first-order chi connectivity index (χ1) is 22.3. The van der Waals surface area contributed by atoms with Crippen molar-refractivity contribution in [3.63, 3.8) is 0 Å². The van der Waals surface area contributed by atoms with Crippen molar-refractivity contribution >= 4 is 76.1 Å². The predicted molar refractivity (Wildman–Crippen MR) is 188 cm³/mol.